The molecule has 3 nitrogen and oxygen atoms in total. The Morgan fingerprint density at radius 3 is 2.83 bits per heavy atom. The number of nitrogens with zero attached hydrogens (tertiary/aromatic N) is 1. The summed E-state index contributed by atoms with van der Waals surface area (Å²) in [7, 11) is 0. The lowest BCUT2D eigenvalue weighted by atomic mass is 10.2. The Balaban J connectivity index is 2.46. The number of hydrogen-bond donors (Lipinski definition) is 1. The van der Waals surface area contributed by atoms with E-state index in [9.17, 15) is 13.6 Å². The number of alkyl halides is 2. The molecule has 0 saturated carbocycles. The Kier molecular flexibility index (Phi) is 2.97. The van der Waals surface area contributed by atoms with E-state index in [1.165, 1.54) is 4.90 Å². The molecule has 1 amide bonds. The molecule has 1 fully saturated rings. The van der Waals surface area contributed by atoms with Crippen LogP contribution in [0.3, 0.4) is 0 Å². The van der Waals surface area contributed by atoms with Gasteiger partial charge in [0.1, 0.15) is 0 Å². The minimum Gasteiger partial charge on any atom is -0.335 e. The van der Waals surface area contributed by atoms with Crippen molar-refractivity contribution in [2.24, 2.45) is 0 Å². The van der Waals surface area contributed by atoms with Gasteiger partial charge in [-0.25, -0.2) is 0 Å². The number of piperazine rings is 1. The first kappa shape index (κ1) is 9.38. The Hall–Kier alpha value is -0.710. The van der Waals surface area contributed by atoms with E-state index in [2.05, 4.69) is 5.32 Å². The molecule has 0 bridgehead atoms. The van der Waals surface area contributed by atoms with Gasteiger partial charge in [-0.15, -0.1) is 0 Å². The van der Waals surface area contributed by atoms with Crippen molar-refractivity contribution in [1.29, 1.82) is 0 Å². The molecule has 0 aromatic rings. The van der Waals surface area contributed by atoms with E-state index < -0.39 is 12.3 Å². The van der Waals surface area contributed by atoms with E-state index in [1.54, 1.807) is 0 Å². The third-order valence-corrected chi connectivity index (χ3v) is 1.87. The fraction of sp³-hybridized carbons (Fsp3) is 0.857. The molecule has 1 atom stereocenters. The molecule has 1 heterocycles. The van der Waals surface area contributed by atoms with Crippen LogP contribution in [-0.2, 0) is 4.79 Å². The monoisotopic (exact) mass is 178 g/mol. The molecule has 0 aromatic heterocycles. The van der Waals surface area contributed by atoms with Crippen molar-refractivity contribution in [2.45, 2.75) is 19.4 Å². The number of nitrogens with one attached hydrogen (secondary N) is 1. The molecule has 0 aromatic carbocycles. The molecule has 1 aliphatic rings. The highest BCUT2D eigenvalue weighted by Gasteiger charge is 2.26. The molecular weight excluding hydrogens is 166 g/mol. The summed E-state index contributed by atoms with van der Waals surface area (Å²) < 4.78 is 23.9. The zero-order valence-electron chi connectivity index (χ0n) is 6.89. The highest BCUT2D eigenvalue weighted by Crippen LogP contribution is 2.04. The second kappa shape index (κ2) is 3.80. The predicted molar refractivity (Wildman–Crippen MR) is 40.0 cm³/mol. The lowest BCUT2D eigenvalue weighted by Crippen LogP contribution is -2.52. The van der Waals surface area contributed by atoms with Gasteiger partial charge < -0.3 is 10.2 Å². The molecule has 1 saturated heterocycles. The van der Waals surface area contributed by atoms with Gasteiger partial charge in [0.05, 0.1) is 0 Å². The fourth-order valence-electron chi connectivity index (χ4n) is 1.27. The maximum absolute atomic E-state index is 11.9. The minimum atomic E-state index is -2.87. The summed E-state index contributed by atoms with van der Waals surface area (Å²) in [5.41, 5.74) is 0. The minimum absolute atomic E-state index is 0.112. The summed E-state index contributed by atoms with van der Waals surface area (Å²) in [4.78, 5) is 12.0. The van der Waals surface area contributed by atoms with Crippen LogP contribution in [0.5, 0.6) is 0 Å². The van der Waals surface area contributed by atoms with E-state index >= 15 is 0 Å². The number of hydrogen-bond acceptors (Lipinski definition) is 2. The smallest absolute Gasteiger partial charge is 0.315 e. The standard InChI is InChI=1S/C7H12F2N2O/c1-5-4-11(3-2-10-5)7(12)6(8)9/h5-6,10H,2-4H2,1H3. The summed E-state index contributed by atoms with van der Waals surface area (Å²) >= 11 is 0. The molecule has 70 valence electrons. The maximum Gasteiger partial charge on any atom is 0.315 e. The number of carbonyl (C=O) groups is 1. The summed E-state index contributed by atoms with van der Waals surface area (Å²) in [6.07, 6.45) is -2.87. The third-order valence-electron chi connectivity index (χ3n) is 1.87. The van der Waals surface area contributed by atoms with Gasteiger partial charge in [-0.3, -0.25) is 4.79 Å². The average Bonchev–Trinajstić information content (AvgIpc) is 2.03. The Bertz CT molecular complexity index is 175. The Labute approximate surface area is 69.7 Å². The van der Waals surface area contributed by atoms with Gasteiger partial charge in [-0.05, 0) is 6.92 Å². The average molecular weight is 178 g/mol. The summed E-state index contributed by atoms with van der Waals surface area (Å²) in [5.74, 6) is -1.05. The molecule has 1 aliphatic heterocycles. The molecule has 0 aliphatic carbocycles. The predicted octanol–water partition coefficient (Wildman–Crippen LogP) is 0.0718. The zero-order chi connectivity index (χ0) is 9.14. The quantitative estimate of drug-likeness (QED) is 0.616. The van der Waals surface area contributed by atoms with Crippen molar-refractivity contribution >= 4 is 5.91 Å². The van der Waals surface area contributed by atoms with Crippen LogP contribution in [0, 0.1) is 0 Å². The first-order valence-corrected chi connectivity index (χ1v) is 3.91. The maximum atomic E-state index is 11.9. The van der Waals surface area contributed by atoms with E-state index in [0.29, 0.717) is 19.6 Å². The SMILES string of the molecule is CC1CN(C(=O)C(F)F)CCN1. The van der Waals surface area contributed by atoms with Crippen molar-refractivity contribution in [3.05, 3.63) is 0 Å². The molecule has 0 radical (unpaired) electrons. The van der Waals surface area contributed by atoms with Crippen molar-refractivity contribution < 1.29 is 13.6 Å². The van der Waals surface area contributed by atoms with Crippen LogP contribution in [0.4, 0.5) is 8.78 Å². The third kappa shape index (κ3) is 2.14. The Morgan fingerprint density at radius 1 is 1.67 bits per heavy atom. The molecule has 12 heavy (non-hydrogen) atoms. The van der Waals surface area contributed by atoms with E-state index in [-0.39, 0.29) is 6.04 Å². The highest BCUT2D eigenvalue weighted by molar-refractivity contribution is 5.79. The molecule has 5 heteroatoms. The first-order chi connectivity index (χ1) is 5.61. The number of amides is 1. The topological polar surface area (TPSA) is 32.3 Å². The van der Waals surface area contributed by atoms with E-state index in [0.717, 1.165) is 0 Å². The van der Waals surface area contributed by atoms with Crippen molar-refractivity contribution in [3.63, 3.8) is 0 Å². The first-order valence-electron chi connectivity index (χ1n) is 3.91. The molecule has 1 rings (SSSR count). The van der Waals surface area contributed by atoms with Gasteiger partial charge >= 0.3 is 6.43 Å². The van der Waals surface area contributed by atoms with Crippen LogP contribution in [0.1, 0.15) is 6.92 Å². The van der Waals surface area contributed by atoms with Gasteiger partial charge in [0.2, 0.25) is 0 Å². The van der Waals surface area contributed by atoms with Crippen molar-refractivity contribution in [1.82, 2.24) is 10.2 Å². The van der Waals surface area contributed by atoms with Gasteiger partial charge in [-0.2, -0.15) is 8.78 Å². The van der Waals surface area contributed by atoms with Gasteiger partial charge in [0.25, 0.3) is 5.91 Å². The van der Waals surface area contributed by atoms with Crippen LogP contribution in [0.25, 0.3) is 0 Å². The number of rotatable bonds is 1. The van der Waals surface area contributed by atoms with Crippen LogP contribution in [0.15, 0.2) is 0 Å². The molecule has 0 spiro atoms. The van der Waals surface area contributed by atoms with Crippen LogP contribution >= 0.6 is 0 Å². The fourth-order valence-corrected chi connectivity index (χ4v) is 1.27. The summed E-state index contributed by atoms with van der Waals surface area (Å²) in [6.45, 7) is 3.22. The zero-order valence-corrected chi connectivity index (χ0v) is 6.89. The van der Waals surface area contributed by atoms with E-state index in [4.69, 9.17) is 0 Å². The van der Waals surface area contributed by atoms with Crippen molar-refractivity contribution in [2.75, 3.05) is 19.6 Å². The van der Waals surface area contributed by atoms with E-state index in [1.807, 2.05) is 6.92 Å². The van der Waals surface area contributed by atoms with Crippen LogP contribution in [-0.4, -0.2) is 42.9 Å². The molecule has 1 unspecified atom stereocenters. The normalized spacial score (nSPS) is 24.7. The number of halogens is 2. The lowest BCUT2D eigenvalue weighted by Gasteiger charge is -2.31. The van der Waals surface area contributed by atoms with Gasteiger partial charge in [0, 0.05) is 25.7 Å². The summed E-state index contributed by atoms with van der Waals surface area (Å²) in [6, 6.07) is 0.112. The largest absolute Gasteiger partial charge is 0.335 e. The number of carbonyl (C=O) groups excluding carboxylic acids is 1. The second-order valence-electron chi connectivity index (χ2n) is 2.94. The summed E-state index contributed by atoms with van der Waals surface area (Å²) in [5, 5.41) is 3.07. The lowest BCUT2D eigenvalue weighted by molar-refractivity contribution is -0.143. The molecule has 1 N–H and O–H groups in total. The van der Waals surface area contributed by atoms with Gasteiger partial charge in [0.15, 0.2) is 0 Å². The van der Waals surface area contributed by atoms with Crippen molar-refractivity contribution in [3.8, 4) is 0 Å². The highest BCUT2D eigenvalue weighted by atomic mass is 19.3. The van der Waals surface area contributed by atoms with Gasteiger partial charge in [-0.1, -0.05) is 0 Å². The second-order valence-corrected chi connectivity index (χ2v) is 2.94. The Morgan fingerprint density at radius 2 is 2.33 bits per heavy atom. The molecular formula is C7H12F2N2O. The van der Waals surface area contributed by atoms with Crippen LogP contribution in [0.2, 0.25) is 0 Å². The van der Waals surface area contributed by atoms with Crippen LogP contribution < -0.4 is 5.32 Å².